The molecule has 1 aromatic carbocycles. The second-order valence-electron chi connectivity index (χ2n) is 3.44. The van der Waals surface area contributed by atoms with Crippen molar-refractivity contribution < 1.29 is 22.3 Å². The summed E-state index contributed by atoms with van der Waals surface area (Å²) in [7, 11) is 0. The van der Waals surface area contributed by atoms with Crippen LogP contribution >= 0.6 is 0 Å². The van der Waals surface area contributed by atoms with Crippen LogP contribution in [0.4, 0.5) is 0 Å². The van der Waals surface area contributed by atoms with Crippen LogP contribution in [0, 0.1) is 6.92 Å². The number of aryl methyl sites for hydroxylation is 2. The van der Waals surface area contributed by atoms with Crippen molar-refractivity contribution in [3.05, 3.63) is 30.1 Å². The zero-order chi connectivity index (χ0) is 10.8. The van der Waals surface area contributed by atoms with E-state index in [1.54, 1.807) is 0 Å². The Morgan fingerprint density at radius 2 is 2.12 bits per heavy atom. The number of fused-ring (bicyclic) bond motifs is 1. The van der Waals surface area contributed by atoms with Crippen molar-refractivity contribution in [2.24, 2.45) is 0 Å². The number of benzene rings is 1. The first-order valence-corrected chi connectivity index (χ1v) is 4.82. The molecule has 16 heavy (non-hydrogen) atoms. The Kier molecular flexibility index (Phi) is 3.90. The number of carbonyl (C=O) groups is 1. The molecule has 0 fully saturated rings. The predicted molar refractivity (Wildman–Crippen MR) is 56.7 cm³/mol. The number of rotatable bonds is 3. The van der Waals surface area contributed by atoms with Crippen LogP contribution in [0.25, 0.3) is 11.0 Å². The van der Waals surface area contributed by atoms with Crippen molar-refractivity contribution >= 4 is 17.0 Å². The smallest absolute Gasteiger partial charge is 0.305 e. The van der Waals surface area contributed by atoms with Crippen LogP contribution < -0.4 is 12.4 Å². The SMILES string of the molecule is Cc1nc2ccccc2n1CCC(=O)O.[Cl-]. The summed E-state index contributed by atoms with van der Waals surface area (Å²) in [6.45, 7) is 2.36. The number of nitrogens with zero attached hydrogens (tertiary/aromatic N) is 2. The van der Waals surface area contributed by atoms with Gasteiger partial charge in [0, 0.05) is 6.54 Å². The molecule has 2 rings (SSSR count). The van der Waals surface area contributed by atoms with Gasteiger partial charge in [-0.15, -0.1) is 0 Å². The Morgan fingerprint density at radius 1 is 1.44 bits per heavy atom. The summed E-state index contributed by atoms with van der Waals surface area (Å²) in [5.41, 5.74) is 1.91. The van der Waals surface area contributed by atoms with Gasteiger partial charge in [-0.05, 0) is 19.1 Å². The number of carboxylic acids is 1. The summed E-state index contributed by atoms with van der Waals surface area (Å²) in [6, 6.07) is 7.74. The maximum Gasteiger partial charge on any atom is 0.305 e. The van der Waals surface area contributed by atoms with E-state index in [0.29, 0.717) is 6.54 Å². The molecule has 5 heteroatoms. The van der Waals surface area contributed by atoms with E-state index in [0.717, 1.165) is 16.9 Å². The summed E-state index contributed by atoms with van der Waals surface area (Å²) < 4.78 is 1.93. The molecule has 0 amide bonds. The minimum Gasteiger partial charge on any atom is -1.00 e. The topological polar surface area (TPSA) is 55.1 Å². The molecule has 4 nitrogen and oxygen atoms in total. The minimum absolute atomic E-state index is 0. The first-order chi connectivity index (χ1) is 7.18. The van der Waals surface area contributed by atoms with Gasteiger partial charge in [-0.1, -0.05) is 12.1 Å². The van der Waals surface area contributed by atoms with E-state index in [2.05, 4.69) is 4.98 Å². The highest BCUT2D eigenvalue weighted by Gasteiger charge is 2.07. The average Bonchev–Trinajstić information content (AvgIpc) is 2.50. The van der Waals surface area contributed by atoms with E-state index in [1.807, 2.05) is 35.8 Å². The molecule has 0 saturated carbocycles. The molecule has 0 saturated heterocycles. The number of hydrogen-bond donors (Lipinski definition) is 1. The molecule has 1 aromatic heterocycles. The van der Waals surface area contributed by atoms with E-state index >= 15 is 0 Å². The van der Waals surface area contributed by atoms with Crippen LogP contribution in [-0.2, 0) is 11.3 Å². The molecular weight excluding hydrogens is 228 g/mol. The molecule has 0 unspecified atom stereocenters. The summed E-state index contributed by atoms with van der Waals surface area (Å²) in [5, 5.41) is 8.64. The van der Waals surface area contributed by atoms with Crippen molar-refractivity contribution in [2.75, 3.05) is 0 Å². The van der Waals surface area contributed by atoms with Crippen molar-refractivity contribution in [1.82, 2.24) is 9.55 Å². The lowest BCUT2D eigenvalue weighted by Gasteiger charge is -2.03. The molecule has 86 valence electrons. The largest absolute Gasteiger partial charge is 1.00 e. The highest BCUT2D eigenvalue weighted by Crippen LogP contribution is 2.15. The molecule has 0 bridgehead atoms. The first-order valence-electron chi connectivity index (χ1n) is 4.82. The zero-order valence-electron chi connectivity index (χ0n) is 8.85. The summed E-state index contributed by atoms with van der Waals surface area (Å²) in [5.74, 6) is 0.0737. The Labute approximate surface area is 99.3 Å². The number of carboxylic acid groups (broad SMARTS) is 1. The molecule has 0 spiro atoms. The Bertz CT molecular complexity index is 508. The summed E-state index contributed by atoms with van der Waals surface area (Å²) in [6.07, 6.45) is 0.126. The number of aromatic nitrogens is 2. The first kappa shape index (κ1) is 12.5. The molecule has 0 aliphatic heterocycles. The van der Waals surface area contributed by atoms with Gasteiger partial charge < -0.3 is 22.1 Å². The Hall–Kier alpha value is -1.55. The molecule has 2 aromatic rings. The van der Waals surface area contributed by atoms with E-state index in [4.69, 9.17) is 5.11 Å². The van der Waals surface area contributed by atoms with Crippen molar-refractivity contribution in [3.63, 3.8) is 0 Å². The van der Waals surface area contributed by atoms with Gasteiger partial charge >= 0.3 is 5.97 Å². The van der Waals surface area contributed by atoms with Gasteiger partial charge in [0.15, 0.2) is 0 Å². The molecule has 0 aliphatic carbocycles. The number of imidazole rings is 1. The number of para-hydroxylation sites is 2. The van der Waals surface area contributed by atoms with Crippen molar-refractivity contribution in [1.29, 1.82) is 0 Å². The quantitative estimate of drug-likeness (QED) is 0.734. The van der Waals surface area contributed by atoms with E-state index in [1.165, 1.54) is 0 Å². The fraction of sp³-hybridized carbons (Fsp3) is 0.273. The van der Waals surface area contributed by atoms with E-state index in [-0.39, 0.29) is 18.8 Å². The van der Waals surface area contributed by atoms with Gasteiger partial charge in [0.2, 0.25) is 0 Å². The predicted octanol–water partition coefficient (Wildman–Crippen LogP) is -1.18. The molecule has 0 atom stereocenters. The lowest BCUT2D eigenvalue weighted by molar-refractivity contribution is -0.137. The third-order valence-corrected chi connectivity index (χ3v) is 2.39. The molecule has 1 heterocycles. The van der Waals surface area contributed by atoms with Gasteiger partial charge in [-0.25, -0.2) is 4.98 Å². The van der Waals surface area contributed by atoms with Crippen LogP contribution in [-0.4, -0.2) is 20.6 Å². The number of halogens is 1. The highest BCUT2D eigenvalue weighted by molar-refractivity contribution is 5.76. The third kappa shape index (κ3) is 2.33. The van der Waals surface area contributed by atoms with Gasteiger partial charge in [-0.2, -0.15) is 0 Å². The van der Waals surface area contributed by atoms with Crippen molar-refractivity contribution in [2.45, 2.75) is 19.9 Å². The monoisotopic (exact) mass is 239 g/mol. The van der Waals surface area contributed by atoms with E-state index < -0.39 is 5.97 Å². The standard InChI is InChI=1S/C11H12N2O2.ClH/c1-8-12-9-4-2-3-5-10(9)13(8)7-6-11(14)15;/h2-5H,6-7H2,1H3,(H,14,15);1H/p-1. The zero-order valence-corrected chi connectivity index (χ0v) is 9.61. The molecule has 0 radical (unpaired) electrons. The van der Waals surface area contributed by atoms with Gasteiger partial charge in [0.1, 0.15) is 5.82 Å². The van der Waals surface area contributed by atoms with Crippen molar-refractivity contribution in [3.8, 4) is 0 Å². The Morgan fingerprint density at radius 3 is 2.81 bits per heavy atom. The molecule has 1 N–H and O–H groups in total. The maximum absolute atomic E-state index is 10.5. The normalized spacial score (nSPS) is 10.1. The highest BCUT2D eigenvalue weighted by atomic mass is 35.5. The second kappa shape index (κ2) is 4.99. The lowest BCUT2D eigenvalue weighted by Crippen LogP contribution is -3.00. The summed E-state index contributed by atoms with van der Waals surface area (Å²) in [4.78, 5) is 14.9. The fourth-order valence-corrected chi connectivity index (χ4v) is 1.69. The van der Waals surface area contributed by atoms with Crippen LogP contribution in [0.5, 0.6) is 0 Å². The van der Waals surface area contributed by atoms with Crippen LogP contribution in [0.15, 0.2) is 24.3 Å². The van der Waals surface area contributed by atoms with Crippen LogP contribution in [0.3, 0.4) is 0 Å². The number of aliphatic carboxylic acids is 1. The van der Waals surface area contributed by atoms with E-state index in [9.17, 15) is 4.79 Å². The molecule has 0 aliphatic rings. The molecular formula is C11H12ClN2O2-. The van der Waals surface area contributed by atoms with Gasteiger partial charge in [0.25, 0.3) is 0 Å². The van der Waals surface area contributed by atoms with Crippen LogP contribution in [0.2, 0.25) is 0 Å². The van der Waals surface area contributed by atoms with Crippen LogP contribution in [0.1, 0.15) is 12.2 Å². The van der Waals surface area contributed by atoms with Gasteiger partial charge in [-0.3, -0.25) is 4.79 Å². The number of hydrogen-bond acceptors (Lipinski definition) is 2. The fourth-order valence-electron chi connectivity index (χ4n) is 1.69. The lowest BCUT2D eigenvalue weighted by atomic mass is 10.3. The average molecular weight is 240 g/mol. The third-order valence-electron chi connectivity index (χ3n) is 2.39. The maximum atomic E-state index is 10.5. The minimum atomic E-state index is -0.785. The summed E-state index contributed by atoms with van der Waals surface area (Å²) >= 11 is 0. The second-order valence-corrected chi connectivity index (χ2v) is 3.44. The van der Waals surface area contributed by atoms with Gasteiger partial charge in [0.05, 0.1) is 17.5 Å². The Balaban J connectivity index is 0.00000128.